The molecule has 5 rings (SSSR count). The summed E-state index contributed by atoms with van der Waals surface area (Å²) in [4.78, 5) is 32.4. The number of nitrogens with one attached hydrogen (secondary N) is 1. The average Bonchev–Trinajstić information content (AvgIpc) is 2.84. The molecule has 1 amide bonds. The lowest BCUT2D eigenvalue weighted by Gasteiger charge is -2.30. The van der Waals surface area contributed by atoms with Gasteiger partial charge in [0.2, 0.25) is 0 Å². The quantitative estimate of drug-likeness (QED) is 0.498. The molecule has 164 valence electrons. The van der Waals surface area contributed by atoms with Crippen LogP contribution in [0.15, 0.2) is 67.3 Å². The summed E-state index contributed by atoms with van der Waals surface area (Å²) in [6.07, 6.45) is 6.92. The van der Waals surface area contributed by atoms with Crippen molar-refractivity contribution in [2.45, 2.75) is 13.0 Å². The van der Waals surface area contributed by atoms with E-state index in [1.807, 2.05) is 12.1 Å². The standard InChI is InChI=1S/C24H20FN7O/c25-17-4-1-5-19(10-17)29-23-20-14-32(24(33)16-9-18(26)13-28-12-16)8-6-21(20)30-22(31-23)15-3-2-7-27-11-15/h1-5,7,9-13H,6,8,14,26H2,(H,29,30,31). The molecule has 4 aromatic rings. The predicted octanol–water partition coefficient (Wildman–Crippen LogP) is 3.60. The van der Waals surface area contributed by atoms with Crippen molar-refractivity contribution < 1.29 is 9.18 Å². The van der Waals surface area contributed by atoms with Crippen molar-refractivity contribution in [2.75, 3.05) is 17.6 Å². The lowest BCUT2D eigenvalue weighted by Crippen LogP contribution is -2.37. The lowest BCUT2D eigenvalue weighted by atomic mass is 10.0. The highest BCUT2D eigenvalue weighted by molar-refractivity contribution is 5.95. The highest BCUT2D eigenvalue weighted by atomic mass is 19.1. The maximum atomic E-state index is 13.8. The topological polar surface area (TPSA) is 110 Å². The molecule has 33 heavy (non-hydrogen) atoms. The van der Waals surface area contributed by atoms with Gasteiger partial charge in [-0.25, -0.2) is 14.4 Å². The van der Waals surface area contributed by atoms with Gasteiger partial charge >= 0.3 is 0 Å². The summed E-state index contributed by atoms with van der Waals surface area (Å²) in [5.74, 6) is 0.503. The summed E-state index contributed by atoms with van der Waals surface area (Å²) in [5, 5.41) is 3.21. The molecule has 0 radical (unpaired) electrons. The normalized spacial score (nSPS) is 12.8. The number of amides is 1. The molecule has 0 atom stereocenters. The van der Waals surface area contributed by atoms with Crippen molar-refractivity contribution in [3.8, 4) is 11.4 Å². The number of nitrogens with zero attached hydrogens (tertiary/aromatic N) is 5. The van der Waals surface area contributed by atoms with E-state index >= 15 is 0 Å². The maximum absolute atomic E-state index is 13.8. The van der Waals surface area contributed by atoms with E-state index in [1.54, 1.807) is 35.5 Å². The lowest BCUT2D eigenvalue weighted by molar-refractivity contribution is 0.0733. The molecule has 0 bridgehead atoms. The fourth-order valence-electron chi connectivity index (χ4n) is 3.78. The van der Waals surface area contributed by atoms with Gasteiger partial charge in [-0.2, -0.15) is 0 Å². The Kier molecular flexibility index (Phi) is 5.35. The van der Waals surface area contributed by atoms with E-state index in [0.717, 1.165) is 16.8 Å². The number of benzene rings is 1. The molecule has 0 spiro atoms. The van der Waals surface area contributed by atoms with Gasteiger partial charge in [-0.1, -0.05) is 6.07 Å². The smallest absolute Gasteiger partial charge is 0.255 e. The van der Waals surface area contributed by atoms with Crippen molar-refractivity contribution in [1.82, 2.24) is 24.8 Å². The van der Waals surface area contributed by atoms with Gasteiger partial charge in [0.25, 0.3) is 5.91 Å². The number of halogens is 1. The number of nitrogen functional groups attached to an aromatic ring is 1. The summed E-state index contributed by atoms with van der Waals surface area (Å²) < 4.78 is 13.8. The first-order chi connectivity index (χ1) is 16.1. The second-order valence-corrected chi connectivity index (χ2v) is 7.68. The molecule has 1 aromatic carbocycles. The van der Waals surface area contributed by atoms with Crippen LogP contribution in [0, 0.1) is 5.82 Å². The SMILES string of the molecule is Nc1cncc(C(=O)N2CCc3nc(-c4cccnc4)nc(Nc4cccc(F)c4)c3C2)c1. The summed E-state index contributed by atoms with van der Waals surface area (Å²) in [5.41, 5.74) is 9.58. The molecular formula is C24H20FN7O. The molecule has 8 nitrogen and oxygen atoms in total. The molecule has 4 heterocycles. The minimum Gasteiger partial charge on any atom is -0.397 e. The van der Waals surface area contributed by atoms with Gasteiger partial charge in [0.15, 0.2) is 5.82 Å². The van der Waals surface area contributed by atoms with E-state index in [-0.39, 0.29) is 11.7 Å². The van der Waals surface area contributed by atoms with E-state index in [1.165, 1.54) is 24.5 Å². The van der Waals surface area contributed by atoms with Crippen LogP contribution in [0.5, 0.6) is 0 Å². The molecule has 1 aliphatic heterocycles. The molecule has 1 aliphatic rings. The van der Waals surface area contributed by atoms with Crippen LogP contribution >= 0.6 is 0 Å². The Morgan fingerprint density at radius 2 is 1.97 bits per heavy atom. The van der Waals surface area contributed by atoms with E-state index in [0.29, 0.717) is 48.1 Å². The minimum absolute atomic E-state index is 0.173. The zero-order valence-corrected chi connectivity index (χ0v) is 17.6. The summed E-state index contributed by atoms with van der Waals surface area (Å²) in [6, 6.07) is 11.5. The van der Waals surface area contributed by atoms with Gasteiger partial charge in [-0.05, 0) is 36.4 Å². The predicted molar refractivity (Wildman–Crippen MR) is 122 cm³/mol. The van der Waals surface area contributed by atoms with Gasteiger partial charge in [0.1, 0.15) is 11.6 Å². The molecular weight excluding hydrogens is 421 g/mol. The maximum Gasteiger partial charge on any atom is 0.255 e. The number of pyridine rings is 2. The number of anilines is 3. The second kappa shape index (κ2) is 8.62. The fourth-order valence-corrected chi connectivity index (χ4v) is 3.78. The molecule has 9 heteroatoms. The third kappa shape index (κ3) is 4.33. The molecule has 3 N–H and O–H groups in total. The fraction of sp³-hybridized carbons (Fsp3) is 0.125. The minimum atomic E-state index is -0.360. The van der Waals surface area contributed by atoms with E-state index in [2.05, 4.69) is 15.3 Å². The van der Waals surface area contributed by atoms with Crippen molar-refractivity contribution in [3.63, 3.8) is 0 Å². The van der Waals surface area contributed by atoms with E-state index < -0.39 is 0 Å². The number of hydrogen-bond donors (Lipinski definition) is 2. The Morgan fingerprint density at radius 1 is 1.06 bits per heavy atom. The van der Waals surface area contributed by atoms with Gasteiger partial charge in [0, 0.05) is 54.6 Å². The monoisotopic (exact) mass is 441 g/mol. The zero-order chi connectivity index (χ0) is 22.8. The Hall–Kier alpha value is -4.40. The van der Waals surface area contributed by atoms with Crippen LogP contribution in [0.4, 0.5) is 21.6 Å². The van der Waals surface area contributed by atoms with Gasteiger partial charge in [-0.3, -0.25) is 14.8 Å². The Balaban J connectivity index is 1.53. The number of hydrogen-bond acceptors (Lipinski definition) is 7. The van der Waals surface area contributed by atoms with Crippen molar-refractivity contribution in [2.24, 2.45) is 0 Å². The first kappa shape index (κ1) is 20.5. The number of nitrogens with two attached hydrogens (primary N) is 1. The number of carbonyl (C=O) groups excluding carboxylic acids is 1. The van der Waals surface area contributed by atoms with Crippen LogP contribution in [-0.4, -0.2) is 37.3 Å². The molecule has 0 saturated heterocycles. The number of aromatic nitrogens is 4. The first-order valence-electron chi connectivity index (χ1n) is 10.4. The number of rotatable bonds is 4. The highest BCUT2D eigenvalue weighted by Gasteiger charge is 2.27. The first-order valence-corrected chi connectivity index (χ1v) is 10.4. The van der Waals surface area contributed by atoms with E-state index in [4.69, 9.17) is 15.7 Å². The Morgan fingerprint density at radius 3 is 2.76 bits per heavy atom. The van der Waals surface area contributed by atoms with Crippen LogP contribution in [-0.2, 0) is 13.0 Å². The second-order valence-electron chi connectivity index (χ2n) is 7.68. The number of carbonyl (C=O) groups is 1. The van der Waals surface area contributed by atoms with Crippen molar-refractivity contribution >= 4 is 23.1 Å². The third-order valence-corrected chi connectivity index (χ3v) is 5.36. The third-order valence-electron chi connectivity index (χ3n) is 5.36. The molecule has 3 aromatic heterocycles. The van der Waals surface area contributed by atoms with Crippen LogP contribution in [0.25, 0.3) is 11.4 Å². The van der Waals surface area contributed by atoms with Crippen molar-refractivity contribution in [1.29, 1.82) is 0 Å². The molecule has 0 fully saturated rings. The molecule has 0 aliphatic carbocycles. The van der Waals surface area contributed by atoms with Crippen LogP contribution < -0.4 is 11.1 Å². The van der Waals surface area contributed by atoms with Gasteiger partial charge in [-0.15, -0.1) is 0 Å². The van der Waals surface area contributed by atoms with Crippen molar-refractivity contribution in [3.05, 3.63) is 89.9 Å². The average molecular weight is 441 g/mol. The van der Waals surface area contributed by atoms with Crippen LogP contribution in [0.1, 0.15) is 21.6 Å². The van der Waals surface area contributed by atoms with Gasteiger partial charge < -0.3 is 16.0 Å². The molecule has 0 saturated carbocycles. The number of fused-ring (bicyclic) bond motifs is 1. The van der Waals surface area contributed by atoms with E-state index in [9.17, 15) is 9.18 Å². The summed E-state index contributed by atoms with van der Waals surface area (Å²) in [6.45, 7) is 0.789. The van der Waals surface area contributed by atoms with Gasteiger partial charge in [0.05, 0.1) is 23.5 Å². The van der Waals surface area contributed by atoms with Crippen LogP contribution in [0.2, 0.25) is 0 Å². The highest BCUT2D eigenvalue weighted by Crippen LogP contribution is 2.30. The summed E-state index contributed by atoms with van der Waals surface area (Å²) in [7, 11) is 0. The Bertz CT molecular complexity index is 1330. The molecule has 0 unspecified atom stereocenters. The Labute approximate surface area is 189 Å². The largest absolute Gasteiger partial charge is 0.397 e. The summed E-state index contributed by atoms with van der Waals surface area (Å²) >= 11 is 0. The van der Waals surface area contributed by atoms with Crippen LogP contribution in [0.3, 0.4) is 0 Å². The zero-order valence-electron chi connectivity index (χ0n) is 17.6.